The molecule has 0 radical (unpaired) electrons. The normalized spacial score (nSPS) is 21.0. The van der Waals surface area contributed by atoms with Gasteiger partial charge in [-0.1, -0.05) is 31.2 Å². The van der Waals surface area contributed by atoms with Crippen LogP contribution in [-0.2, 0) is 11.2 Å². The number of aromatic nitrogens is 2. The van der Waals surface area contributed by atoms with Crippen LogP contribution in [0.15, 0.2) is 61.1 Å². The van der Waals surface area contributed by atoms with Crippen molar-refractivity contribution in [2.45, 2.75) is 31.6 Å². The Kier molecular flexibility index (Phi) is 6.63. The number of piperidine rings is 1. The van der Waals surface area contributed by atoms with E-state index in [0.29, 0.717) is 39.4 Å². The van der Waals surface area contributed by atoms with Gasteiger partial charge in [-0.05, 0) is 48.2 Å². The van der Waals surface area contributed by atoms with Crippen LogP contribution in [0.25, 0.3) is 5.69 Å². The lowest BCUT2D eigenvalue weighted by atomic mass is 9.83. The summed E-state index contributed by atoms with van der Waals surface area (Å²) in [5.74, 6) is 0.104. The summed E-state index contributed by atoms with van der Waals surface area (Å²) in [6.45, 7) is 5.95. The number of imidazole rings is 1. The second-order valence-corrected chi connectivity index (χ2v) is 9.19. The first-order chi connectivity index (χ1) is 16.6. The average Bonchev–Trinajstić information content (AvgIpc) is 3.39. The van der Waals surface area contributed by atoms with E-state index in [-0.39, 0.29) is 23.7 Å². The molecule has 2 aliphatic heterocycles. The molecule has 2 saturated heterocycles. The maximum absolute atomic E-state index is 13.4. The Morgan fingerprint density at radius 1 is 1.00 bits per heavy atom. The van der Waals surface area contributed by atoms with Crippen molar-refractivity contribution in [1.82, 2.24) is 19.4 Å². The molecule has 3 aromatic rings. The van der Waals surface area contributed by atoms with Crippen LogP contribution < -0.4 is 0 Å². The first-order valence-corrected chi connectivity index (χ1v) is 12.1. The molecule has 0 saturated carbocycles. The number of aryl methyl sites for hydroxylation is 1. The summed E-state index contributed by atoms with van der Waals surface area (Å²) in [4.78, 5) is 22.0. The maximum Gasteiger partial charge on any atom is 0.320 e. The monoisotopic (exact) mass is 462 g/mol. The fourth-order valence-electron chi connectivity index (χ4n) is 4.99. The minimum absolute atomic E-state index is 0.0844. The molecule has 2 aromatic carbocycles. The third-order valence-corrected chi connectivity index (χ3v) is 7.01. The molecule has 2 atom stereocenters. The molecule has 1 aromatic heterocycles. The van der Waals surface area contributed by atoms with Crippen molar-refractivity contribution in [2.75, 3.05) is 39.4 Å². The number of carbonyl (C=O) groups excluding carboxylic acids is 1. The Hall–Kier alpha value is -3.19. The Morgan fingerprint density at radius 3 is 2.41 bits per heavy atom. The zero-order chi connectivity index (χ0) is 23.5. The smallest absolute Gasteiger partial charge is 0.320 e. The summed E-state index contributed by atoms with van der Waals surface area (Å²) in [5, 5.41) is 0. The van der Waals surface area contributed by atoms with Gasteiger partial charge in [0.25, 0.3) is 0 Å². The Bertz CT molecular complexity index is 1110. The molecule has 2 amide bonds. The molecule has 0 aliphatic carbocycles. The number of carbonyl (C=O) groups is 1. The molecule has 0 bridgehead atoms. The molecule has 2 fully saturated rings. The number of ether oxygens (including phenoxy) is 1. The van der Waals surface area contributed by atoms with Gasteiger partial charge < -0.3 is 19.1 Å². The molecule has 0 N–H and O–H groups in total. The van der Waals surface area contributed by atoms with Gasteiger partial charge in [-0.2, -0.15) is 0 Å². The van der Waals surface area contributed by atoms with Crippen molar-refractivity contribution in [3.63, 3.8) is 0 Å². The predicted molar refractivity (Wildman–Crippen MR) is 129 cm³/mol. The van der Waals surface area contributed by atoms with Crippen LogP contribution in [-0.4, -0.2) is 64.8 Å². The third-order valence-electron chi connectivity index (χ3n) is 7.01. The highest BCUT2D eigenvalue weighted by molar-refractivity contribution is 5.75. The highest BCUT2D eigenvalue weighted by atomic mass is 19.1. The lowest BCUT2D eigenvalue weighted by Gasteiger charge is -2.40. The van der Waals surface area contributed by atoms with E-state index in [2.05, 4.69) is 31.2 Å². The third kappa shape index (κ3) is 4.85. The number of nitrogens with zero attached hydrogens (tertiary/aromatic N) is 4. The van der Waals surface area contributed by atoms with Gasteiger partial charge in [0.1, 0.15) is 5.82 Å². The summed E-state index contributed by atoms with van der Waals surface area (Å²) in [7, 11) is 0. The fraction of sp³-hybridized carbons (Fsp3) is 0.407. The number of halogens is 1. The average molecular weight is 463 g/mol. The summed E-state index contributed by atoms with van der Waals surface area (Å²) >= 11 is 0. The second kappa shape index (κ2) is 9.97. The number of amides is 2. The molecule has 3 heterocycles. The number of likely N-dealkylation sites (tertiary alicyclic amines) is 1. The molecule has 0 spiro atoms. The standard InChI is InChI=1S/C27H31FN4O2/c1-2-20-3-5-21(6-4-20)22-15-23(17-31(16-22)27(33)30-11-13-34-14-12-30)26-18-32(19-29-26)25-9-7-24(28)8-10-25/h3-10,18-19,22-23H,2,11-17H2,1H3. The van der Waals surface area contributed by atoms with Gasteiger partial charge in [-0.3, -0.25) is 0 Å². The molecular formula is C27H31FN4O2. The molecule has 34 heavy (non-hydrogen) atoms. The quantitative estimate of drug-likeness (QED) is 0.570. The second-order valence-electron chi connectivity index (χ2n) is 9.19. The van der Waals surface area contributed by atoms with Crippen LogP contribution in [0.5, 0.6) is 0 Å². The van der Waals surface area contributed by atoms with Crippen LogP contribution in [0.3, 0.4) is 0 Å². The first-order valence-electron chi connectivity index (χ1n) is 12.1. The number of hydrogen-bond donors (Lipinski definition) is 0. The molecule has 5 rings (SSSR count). The number of hydrogen-bond acceptors (Lipinski definition) is 3. The molecular weight excluding hydrogens is 431 g/mol. The van der Waals surface area contributed by atoms with Gasteiger partial charge in [-0.15, -0.1) is 0 Å². The highest BCUT2D eigenvalue weighted by Gasteiger charge is 2.35. The Morgan fingerprint density at radius 2 is 1.71 bits per heavy atom. The van der Waals surface area contributed by atoms with E-state index in [1.807, 2.05) is 20.6 Å². The molecule has 178 valence electrons. The van der Waals surface area contributed by atoms with Crippen molar-refractivity contribution in [2.24, 2.45) is 0 Å². The number of urea groups is 1. The molecule has 2 unspecified atom stereocenters. The maximum atomic E-state index is 13.4. The van der Waals surface area contributed by atoms with Gasteiger partial charge in [0.15, 0.2) is 0 Å². The van der Waals surface area contributed by atoms with Gasteiger partial charge >= 0.3 is 6.03 Å². The van der Waals surface area contributed by atoms with E-state index < -0.39 is 0 Å². The van der Waals surface area contributed by atoms with Crippen LogP contribution in [0.2, 0.25) is 0 Å². The van der Waals surface area contributed by atoms with E-state index in [1.165, 1.54) is 23.3 Å². The summed E-state index contributed by atoms with van der Waals surface area (Å²) < 4.78 is 20.7. The SMILES string of the molecule is CCc1ccc(C2CC(c3cn(-c4ccc(F)cc4)cn3)CN(C(=O)N3CCOCC3)C2)cc1. The van der Waals surface area contributed by atoms with Crippen LogP contribution >= 0.6 is 0 Å². The lowest BCUT2D eigenvalue weighted by Crippen LogP contribution is -2.52. The van der Waals surface area contributed by atoms with E-state index >= 15 is 0 Å². The predicted octanol–water partition coefficient (Wildman–Crippen LogP) is 4.60. The van der Waals surface area contributed by atoms with E-state index in [4.69, 9.17) is 9.72 Å². The first kappa shape index (κ1) is 22.6. The zero-order valence-electron chi connectivity index (χ0n) is 19.6. The van der Waals surface area contributed by atoms with Crippen LogP contribution in [0.1, 0.15) is 42.0 Å². The zero-order valence-corrected chi connectivity index (χ0v) is 19.6. The van der Waals surface area contributed by atoms with Gasteiger partial charge in [0, 0.05) is 49.9 Å². The molecule has 7 heteroatoms. The molecule has 6 nitrogen and oxygen atoms in total. The van der Waals surface area contributed by atoms with Crippen LogP contribution in [0.4, 0.5) is 9.18 Å². The van der Waals surface area contributed by atoms with Crippen molar-refractivity contribution in [3.8, 4) is 5.69 Å². The van der Waals surface area contributed by atoms with E-state index in [1.54, 1.807) is 18.5 Å². The van der Waals surface area contributed by atoms with Crippen molar-refractivity contribution in [1.29, 1.82) is 0 Å². The lowest BCUT2D eigenvalue weighted by molar-refractivity contribution is 0.0398. The Labute approximate surface area is 200 Å². The highest BCUT2D eigenvalue weighted by Crippen LogP contribution is 2.36. The Balaban J connectivity index is 1.40. The van der Waals surface area contributed by atoms with Crippen molar-refractivity contribution < 1.29 is 13.9 Å². The summed E-state index contributed by atoms with van der Waals surface area (Å²) in [6, 6.07) is 15.3. The van der Waals surface area contributed by atoms with Crippen molar-refractivity contribution in [3.05, 3.63) is 83.7 Å². The minimum Gasteiger partial charge on any atom is -0.378 e. The summed E-state index contributed by atoms with van der Waals surface area (Å²) in [6.07, 6.45) is 5.73. The molecule has 2 aliphatic rings. The number of morpholine rings is 1. The number of benzene rings is 2. The minimum atomic E-state index is -0.259. The topological polar surface area (TPSA) is 50.6 Å². The fourth-order valence-corrected chi connectivity index (χ4v) is 4.99. The van der Waals surface area contributed by atoms with Crippen molar-refractivity contribution >= 4 is 6.03 Å². The summed E-state index contributed by atoms with van der Waals surface area (Å²) in [5.41, 5.74) is 4.40. The van der Waals surface area contributed by atoms with E-state index in [0.717, 1.165) is 24.2 Å². The number of rotatable bonds is 4. The van der Waals surface area contributed by atoms with Gasteiger partial charge in [-0.25, -0.2) is 14.2 Å². The van der Waals surface area contributed by atoms with Crippen LogP contribution in [0, 0.1) is 5.82 Å². The van der Waals surface area contributed by atoms with Gasteiger partial charge in [0.2, 0.25) is 0 Å². The van der Waals surface area contributed by atoms with Gasteiger partial charge in [0.05, 0.1) is 25.2 Å². The largest absolute Gasteiger partial charge is 0.378 e. The van der Waals surface area contributed by atoms with E-state index in [9.17, 15) is 9.18 Å².